The number of fused-ring (bicyclic) bond motifs is 1. The highest BCUT2D eigenvalue weighted by atomic mass is 32.2. The lowest BCUT2D eigenvalue weighted by atomic mass is 9.98. The molecular formula is C17H23N7O7S2. The number of carbonyl (C=O) groups is 4. The smallest absolute Gasteiger partial charge is 0.352 e. The predicted octanol–water partition coefficient (Wildman–Crippen LogP) is -1.40. The largest absolute Gasteiger partial charge is 0.480 e. The zero-order valence-corrected chi connectivity index (χ0v) is 19.4. The van der Waals surface area contributed by atoms with Crippen molar-refractivity contribution in [1.82, 2.24) is 30.4 Å². The maximum atomic E-state index is 13.0. The first kappa shape index (κ1) is 24.9. The standard InChI is InChI=1S/C17H23N7O7S2/c1-23-16(20-21-22-23)33-7-8-6-32-15-17(31-2,14(30)24(15)11(8)13(28)29)19-10(25)5-3-4-9(18)12(26)27/h9,15H,3-7,18H2,1-2H3,(H,19,25)(H,26,27)(H,28,29)/t9?,15-,17-/m0/s1. The van der Waals surface area contributed by atoms with E-state index >= 15 is 0 Å². The van der Waals surface area contributed by atoms with Crippen LogP contribution in [0.4, 0.5) is 0 Å². The zero-order valence-electron chi connectivity index (χ0n) is 17.8. The Balaban J connectivity index is 1.70. The van der Waals surface area contributed by atoms with Crippen LogP contribution >= 0.6 is 23.5 Å². The molecule has 16 heteroatoms. The van der Waals surface area contributed by atoms with Gasteiger partial charge in [-0.3, -0.25) is 19.3 Å². The topological polar surface area (TPSA) is 203 Å². The number of amides is 2. The molecule has 0 spiro atoms. The second kappa shape index (κ2) is 10.1. The lowest BCUT2D eigenvalue weighted by Gasteiger charge is -2.55. The van der Waals surface area contributed by atoms with E-state index in [2.05, 4.69) is 20.8 Å². The molecule has 5 N–H and O–H groups in total. The normalized spacial score (nSPS) is 23.1. The molecule has 1 fully saturated rings. The van der Waals surface area contributed by atoms with E-state index in [1.54, 1.807) is 7.05 Å². The van der Waals surface area contributed by atoms with Gasteiger partial charge in [0.1, 0.15) is 17.1 Å². The van der Waals surface area contributed by atoms with Crippen molar-refractivity contribution in [2.75, 3.05) is 18.6 Å². The molecule has 0 aromatic carbocycles. The van der Waals surface area contributed by atoms with Crippen molar-refractivity contribution in [2.45, 2.75) is 41.6 Å². The summed E-state index contributed by atoms with van der Waals surface area (Å²) in [5, 5.41) is 32.0. The van der Waals surface area contributed by atoms with E-state index in [0.717, 1.165) is 4.90 Å². The number of methoxy groups -OCH3 is 1. The lowest BCUT2D eigenvalue weighted by molar-refractivity contribution is -0.192. The van der Waals surface area contributed by atoms with E-state index in [1.165, 1.54) is 35.3 Å². The van der Waals surface area contributed by atoms with Crippen LogP contribution < -0.4 is 11.1 Å². The predicted molar refractivity (Wildman–Crippen MR) is 115 cm³/mol. The molecule has 2 amide bonds. The van der Waals surface area contributed by atoms with Crippen molar-refractivity contribution in [3.8, 4) is 0 Å². The number of rotatable bonds is 11. The number of ether oxygens (including phenoxy) is 1. The molecule has 2 aliphatic heterocycles. The minimum absolute atomic E-state index is 0.0635. The molecule has 33 heavy (non-hydrogen) atoms. The molecule has 1 unspecified atom stereocenters. The van der Waals surface area contributed by atoms with E-state index in [0.29, 0.717) is 16.5 Å². The maximum Gasteiger partial charge on any atom is 0.352 e. The van der Waals surface area contributed by atoms with Crippen LogP contribution in [0.1, 0.15) is 19.3 Å². The quantitative estimate of drug-likeness (QED) is 0.157. The number of tetrazole rings is 1. The average Bonchev–Trinajstić information content (AvgIpc) is 3.19. The summed E-state index contributed by atoms with van der Waals surface area (Å²) in [7, 11) is 2.91. The van der Waals surface area contributed by atoms with E-state index in [9.17, 15) is 24.3 Å². The van der Waals surface area contributed by atoms with Gasteiger partial charge in [0, 0.05) is 32.1 Å². The molecule has 3 atom stereocenters. The van der Waals surface area contributed by atoms with Crippen LogP contribution in [-0.4, -0.2) is 94.8 Å². The van der Waals surface area contributed by atoms with Crippen LogP contribution in [0.25, 0.3) is 0 Å². The number of thioether (sulfide) groups is 2. The highest BCUT2D eigenvalue weighted by molar-refractivity contribution is 8.01. The van der Waals surface area contributed by atoms with Gasteiger partial charge in [0.25, 0.3) is 11.6 Å². The summed E-state index contributed by atoms with van der Waals surface area (Å²) in [6, 6.07) is -1.08. The van der Waals surface area contributed by atoms with Gasteiger partial charge < -0.3 is 26.0 Å². The van der Waals surface area contributed by atoms with Crippen LogP contribution in [0.5, 0.6) is 0 Å². The fourth-order valence-corrected chi connectivity index (χ4v) is 5.85. The second-order valence-electron chi connectivity index (χ2n) is 7.29. The van der Waals surface area contributed by atoms with Gasteiger partial charge >= 0.3 is 11.9 Å². The summed E-state index contributed by atoms with van der Waals surface area (Å²) < 4.78 is 6.83. The third kappa shape index (κ3) is 4.83. The monoisotopic (exact) mass is 501 g/mol. The summed E-state index contributed by atoms with van der Waals surface area (Å²) in [6.07, 6.45) is 0.230. The van der Waals surface area contributed by atoms with Crippen molar-refractivity contribution >= 4 is 47.3 Å². The van der Waals surface area contributed by atoms with Gasteiger partial charge in [-0.25, -0.2) is 9.48 Å². The average molecular weight is 502 g/mol. The number of aromatic nitrogens is 4. The summed E-state index contributed by atoms with van der Waals surface area (Å²) in [6.45, 7) is 0. The molecule has 3 heterocycles. The van der Waals surface area contributed by atoms with E-state index in [4.69, 9.17) is 15.6 Å². The Bertz CT molecular complexity index is 1000. The summed E-state index contributed by atoms with van der Waals surface area (Å²) in [5.41, 5.74) is 4.09. The number of aryl methyl sites for hydroxylation is 1. The molecule has 1 aromatic heterocycles. The summed E-state index contributed by atoms with van der Waals surface area (Å²) in [5.74, 6) is -3.10. The van der Waals surface area contributed by atoms with Gasteiger partial charge in [-0.05, 0) is 28.8 Å². The molecule has 0 bridgehead atoms. The Morgan fingerprint density at radius 1 is 1.42 bits per heavy atom. The third-order valence-electron chi connectivity index (χ3n) is 5.15. The molecule has 1 saturated heterocycles. The van der Waals surface area contributed by atoms with Crippen LogP contribution in [0.3, 0.4) is 0 Å². The Morgan fingerprint density at radius 2 is 2.15 bits per heavy atom. The van der Waals surface area contributed by atoms with Gasteiger partial charge in [0.05, 0.1) is 0 Å². The number of hydrogen-bond donors (Lipinski definition) is 4. The second-order valence-corrected chi connectivity index (χ2v) is 9.31. The van der Waals surface area contributed by atoms with Crippen molar-refractivity contribution in [1.29, 1.82) is 0 Å². The molecular weight excluding hydrogens is 478 g/mol. The molecule has 3 rings (SSSR count). The Hall–Kier alpha value is -2.69. The van der Waals surface area contributed by atoms with E-state index in [-0.39, 0.29) is 30.7 Å². The number of nitrogens with one attached hydrogen (secondary N) is 1. The number of nitrogens with two attached hydrogens (primary N) is 1. The molecule has 0 saturated carbocycles. The van der Waals surface area contributed by atoms with Gasteiger partial charge in [0.2, 0.25) is 11.1 Å². The van der Waals surface area contributed by atoms with E-state index < -0.39 is 40.9 Å². The highest BCUT2D eigenvalue weighted by Gasteiger charge is 2.66. The number of hydrogen-bond acceptors (Lipinski definition) is 11. The fourth-order valence-electron chi connectivity index (χ4n) is 3.43. The van der Waals surface area contributed by atoms with Crippen LogP contribution in [0, 0.1) is 0 Å². The first-order valence-corrected chi connectivity index (χ1v) is 11.8. The third-order valence-corrected chi connectivity index (χ3v) is 7.62. The number of carbonyl (C=O) groups excluding carboxylic acids is 2. The van der Waals surface area contributed by atoms with Gasteiger partial charge in [-0.2, -0.15) is 0 Å². The number of carboxylic acids is 2. The number of β-lactam (4-membered cyclic amide) rings is 1. The SMILES string of the molecule is CO[C@@]1(NC(=O)CCCC(N)C(=O)O)C(=O)N2C(C(=O)O)=C(CSc3nnnn3C)CS[C@H]21. The molecule has 2 aliphatic rings. The van der Waals surface area contributed by atoms with Gasteiger partial charge in [-0.15, -0.1) is 16.9 Å². The Labute approximate surface area is 196 Å². The van der Waals surface area contributed by atoms with Crippen molar-refractivity contribution in [3.63, 3.8) is 0 Å². The Kier molecular flexibility index (Phi) is 7.61. The van der Waals surface area contributed by atoms with Crippen LogP contribution in [0.15, 0.2) is 16.4 Å². The minimum Gasteiger partial charge on any atom is -0.480 e. The van der Waals surface area contributed by atoms with E-state index in [1.807, 2.05) is 0 Å². The van der Waals surface area contributed by atoms with Crippen LogP contribution in [0.2, 0.25) is 0 Å². The number of aliphatic carboxylic acids is 2. The van der Waals surface area contributed by atoms with Crippen molar-refractivity contribution in [3.05, 3.63) is 11.3 Å². The first-order chi connectivity index (χ1) is 15.6. The number of carboxylic acid groups (broad SMARTS) is 2. The van der Waals surface area contributed by atoms with Gasteiger partial charge in [-0.1, -0.05) is 11.8 Å². The summed E-state index contributed by atoms with van der Waals surface area (Å²) in [4.78, 5) is 49.4. The minimum atomic E-state index is -1.70. The zero-order chi connectivity index (χ0) is 24.3. The fraction of sp³-hybridized carbons (Fsp3) is 0.588. The molecule has 180 valence electrons. The molecule has 0 aliphatic carbocycles. The molecule has 14 nitrogen and oxygen atoms in total. The Morgan fingerprint density at radius 3 is 2.73 bits per heavy atom. The van der Waals surface area contributed by atoms with Crippen LogP contribution in [-0.2, 0) is 31.0 Å². The number of nitrogens with zero attached hydrogens (tertiary/aromatic N) is 5. The van der Waals surface area contributed by atoms with Crippen molar-refractivity contribution < 1.29 is 34.1 Å². The molecule has 1 aromatic rings. The maximum absolute atomic E-state index is 13.0. The summed E-state index contributed by atoms with van der Waals surface area (Å²) >= 11 is 2.51. The first-order valence-electron chi connectivity index (χ1n) is 9.72. The lowest BCUT2D eigenvalue weighted by Crippen LogP contribution is -2.80. The molecule has 0 radical (unpaired) electrons. The van der Waals surface area contributed by atoms with Crippen molar-refractivity contribution in [2.24, 2.45) is 12.8 Å². The highest BCUT2D eigenvalue weighted by Crippen LogP contribution is 2.47. The van der Waals surface area contributed by atoms with Gasteiger partial charge in [0.15, 0.2) is 0 Å².